The molecule has 0 bridgehead atoms. The van der Waals surface area contributed by atoms with Gasteiger partial charge in [-0.1, -0.05) is 12.1 Å². The Bertz CT molecular complexity index is 863. The molecule has 0 unspecified atom stereocenters. The molecule has 1 fully saturated rings. The molecular weight excluding hydrogens is 378 g/mol. The predicted molar refractivity (Wildman–Crippen MR) is 105 cm³/mol. The van der Waals surface area contributed by atoms with Gasteiger partial charge >= 0.3 is 0 Å². The Balaban J connectivity index is 1.44. The molecule has 7 heteroatoms. The van der Waals surface area contributed by atoms with Crippen LogP contribution in [0.1, 0.15) is 28.8 Å². The smallest absolute Gasteiger partial charge is 0.256 e. The third-order valence-corrected chi connectivity index (χ3v) is 5.19. The molecule has 2 amide bonds. The summed E-state index contributed by atoms with van der Waals surface area (Å²) in [6.07, 6.45) is 1.75. The molecule has 29 heavy (non-hydrogen) atoms. The number of nitrogens with one attached hydrogen (secondary N) is 1. The minimum absolute atomic E-state index is 0.0291. The van der Waals surface area contributed by atoms with Crippen LogP contribution in [0.2, 0.25) is 0 Å². The van der Waals surface area contributed by atoms with Crippen molar-refractivity contribution in [1.29, 1.82) is 0 Å². The summed E-state index contributed by atoms with van der Waals surface area (Å²) in [5, 5.41) is 2.95. The summed E-state index contributed by atoms with van der Waals surface area (Å²) in [5.41, 5.74) is 0.960. The second-order valence-corrected chi connectivity index (χ2v) is 7.08. The Labute approximate surface area is 168 Å². The Morgan fingerprint density at radius 3 is 2.41 bits per heavy atom. The molecule has 0 aromatic heterocycles. The highest BCUT2D eigenvalue weighted by atomic mass is 19.1. The molecule has 0 spiro atoms. The van der Waals surface area contributed by atoms with E-state index in [1.165, 1.54) is 4.90 Å². The number of hydrogen-bond donors (Lipinski definition) is 1. The third kappa shape index (κ3) is 5.31. The fourth-order valence-electron chi connectivity index (χ4n) is 3.44. The molecule has 1 N–H and O–H groups in total. The number of carbonyl (C=O) groups is 2. The van der Waals surface area contributed by atoms with Crippen molar-refractivity contribution in [2.45, 2.75) is 19.3 Å². The molecule has 2 aromatic carbocycles. The summed E-state index contributed by atoms with van der Waals surface area (Å²) in [7, 11) is 1.62. The van der Waals surface area contributed by atoms with Crippen molar-refractivity contribution in [3.05, 3.63) is 65.2 Å². The van der Waals surface area contributed by atoms with Gasteiger partial charge in [0.05, 0.1) is 12.7 Å². The molecule has 1 heterocycles. The number of methoxy groups -OCH3 is 1. The van der Waals surface area contributed by atoms with Crippen LogP contribution in [-0.4, -0.2) is 43.5 Å². The average molecular weight is 402 g/mol. The minimum atomic E-state index is -0.867. The number of halogens is 2. The molecule has 154 valence electrons. The number of nitrogens with zero attached hydrogens (tertiary/aromatic N) is 1. The average Bonchev–Trinajstić information content (AvgIpc) is 2.74. The van der Waals surface area contributed by atoms with Crippen LogP contribution < -0.4 is 10.1 Å². The second-order valence-electron chi connectivity index (χ2n) is 7.08. The van der Waals surface area contributed by atoms with Crippen LogP contribution >= 0.6 is 0 Å². The van der Waals surface area contributed by atoms with E-state index < -0.39 is 17.5 Å². The van der Waals surface area contributed by atoms with E-state index in [9.17, 15) is 18.4 Å². The van der Waals surface area contributed by atoms with E-state index in [4.69, 9.17) is 4.74 Å². The Hall–Kier alpha value is -2.96. The Morgan fingerprint density at radius 1 is 1.10 bits per heavy atom. The van der Waals surface area contributed by atoms with Crippen molar-refractivity contribution in [2.24, 2.45) is 5.92 Å². The molecular formula is C22H24F2N2O3. The molecule has 1 saturated heterocycles. The van der Waals surface area contributed by atoms with E-state index in [1.807, 2.05) is 24.3 Å². The number of rotatable bonds is 6. The summed E-state index contributed by atoms with van der Waals surface area (Å²) < 4.78 is 32.0. The van der Waals surface area contributed by atoms with Gasteiger partial charge < -0.3 is 15.0 Å². The number of ether oxygens (including phenoxy) is 1. The highest BCUT2D eigenvalue weighted by Gasteiger charge is 2.28. The first-order valence-electron chi connectivity index (χ1n) is 9.63. The Kier molecular flexibility index (Phi) is 6.80. The molecule has 2 aromatic rings. The summed E-state index contributed by atoms with van der Waals surface area (Å²) >= 11 is 0. The predicted octanol–water partition coefficient (Wildman–Crippen LogP) is 3.18. The molecule has 3 rings (SSSR count). The zero-order valence-corrected chi connectivity index (χ0v) is 16.3. The van der Waals surface area contributed by atoms with Crippen molar-refractivity contribution in [2.75, 3.05) is 26.7 Å². The molecule has 0 aliphatic carbocycles. The monoisotopic (exact) mass is 402 g/mol. The van der Waals surface area contributed by atoms with Gasteiger partial charge in [-0.15, -0.1) is 0 Å². The van der Waals surface area contributed by atoms with E-state index in [1.54, 1.807) is 7.11 Å². The first-order chi connectivity index (χ1) is 14.0. The number of hydrogen-bond acceptors (Lipinski definition) is 3. The van der Waals surface area contributed by atoms with E-state index in [0.29, 0.717) is 38.5 Å². The number of amides is 2. The van der Waals surface area contributed by atoms with E-state index in [0.717, 1.165) is 29.9 Å². The van der Waals surface area contributed by atoms with Crippen LogP contribution in [0.3, 0.4) is 0 Å². The first-order valence-corrected chi connectivity index (χ1v) is 9.63. The molecule has 1 aliphatic rings. The summed E-state index contributed by atoms with van der Waals surface area (Å²) in [6, 6.07) is 10.6. The normalized spacial score (nSPS) is 14.5. The third-order valence-electron chi connectivity index (χ3n) is 5.19. The summed E-state index contributed by atoms with van der Waals surface area (Å²) in [6.45, 7) is 1.27. The standard InChI is InChI=1S/C22H24F2N2O3/c1-29-18-5-2-15(3-6-18)8-11-25-21(27)16-9-12-26(13-10-16)22(28)19-7-4-17(23)14-20(19)24/h2-7,14,16H,8-13H2,1H3,(H,25,27). The molecule has 5 nitrogen and oxygen atoms in total. The number of benzene rings is 2. The first kappa shape index (κ1) is 20.8. The van der Waals surface area contributed by atoms with Crippen LogP contribution in [0.5, 0.6) is 5.75 Å². The van der Waals surface area contributed by atoms with Gasteiger partial charge in [0.25, 0.3) is 5.91 Å². The Morgan fingerprint density at radius 2 is 1.79 bits per heavy atom. The molecule has 0 radical (unpaired) electrons. The topological polar surface area (TPSA) is 58.6 Å². The maximum absolute atomic E-state index is 13.8. The lowest BCUT2D eigenvalue weighted by Crippen LogP contribution is -2.43. The maximum atomic E-state index is 13.8. The van der Waals surface area contributed by atoms with Crippen LogP contribution in [0.25, 0.3) is 0 Å². The largest absolute Gasteiger partial charge is 0.497 e. The van der Waals surface area contributed by atoms with Crippen LogP contribution in [-0.2, 0) is 11.2 Å². The van der Waals surface area contributed by atoms with Crippen molar-refractivity contribution >= 4 is 11.8 Å². The maximum Gasteiger partial charge on any atom is 0.256 e. The van der Waals surface area contributed by atoms with Gasteiger partial charge in [0.15, 0.2) is 0 Å². The SMILES string of the molecule is COc1ccc(CCNC(=O)C2CCN(C(=O)c3ccc(F)cc3F)CC2)cc1. The van der Waals surface area contributed by atoms with Gasteiger partial charge in [-0.05, 0) is 49.1 Å². The van der Waals surface area contributed by atoms with E-state index in [-0.39, 0.29) is 17.4 Å². The van der Waals surface area contributed by atoms with Gasteiger partial charge in [-0.3, -0.25) is 9.59 Å². The lowest BCUT2D eigenvalue weighted by atomic mass is 9.95. The minimum Gasteiger partial charge on any atom is -0.497 e. The van der Waals surface area contributed by atoms with Crippen molar-refractivity contribution in [3.8, 4) is 5.75 Å². The number of likely N-dealkylation sites (tertiary alicyclic amines) is 1. The van der Waals surface area contributed by atoms with Crippen molar-refractivity contribution < 1.29 is 23.1 Å². The van der Waals surface area contributed by atoms with Crippen LogP contribution in [0.15, 0.2) is 42.5 Å². The fourth-order valence-corrected chi connectivity index (χ4v) is 3.44. The highest BCUT2D eigenvalue weighted by molar-refractivity contribution is 5.94. The summed E-state index contributed by atoms with van der Waals surface area (Å²) in [4.78, 5) is 26.3. The van der Waals surface area contributed by atoms with E-state index >= 15 is 0 Å². The van der Waals surface area contributed by atoms with Crippen LogP contribution in [0.4, 0.5) is 8.78 Å². The molecule has 0 atom stereocenters. The van der Waals surface area contributed by atoms with E-state index in [2.05, 4.69) is 5.32 Å². The van der Waals surface area contributed by atoms with Gasteiger partial charge in [-0.2, -0.15) is 0 Å². The molecule has 0 saturated carbocycles. The zero-order chi connectivity index (χ0) is 20.8. The second kappa shape index (κ2) is 9.49. The number of piperidine rings is 1. The lowest BCUT2D eigenvalue weighted by Gasteiger charge is -2.31. The van der Waals surface area contributed by atoms with Crippen molar-refractivity contribution in [1.82, 2.24) is 10.2 Å². The zero-order valence-electron chi connectivity index (χ0n) is 16.3. The fraction of sp³-hybridized carbons (Fsp3) is 0.364. The van der Waals surface area contributed by atoms with Crippen LogP contribution in [0, 0.1) is 17.6 Å². The quantitative estimate of drug-likeness (QED) is 0.808. The lowest BCUT2D eigenvalue weighted by molar-refractivity contribution is -0.126. The summed E-state index contributed by atoms with van der Waals surface area (Å²) in [5.74, 6) is -1.47. The van der Waals surface area contributed by atoms with Gasteiger partial charge in [0, 0.05) is 31.6 Å². The van der Waals surface area contributed by atoms with Gasteiger partial charge in [0.2, 0.25) is 5.91 Å². The van der Waals surface area contributed by atoms with Gasteiger partial charge in [-0.25, -0.2) is 8.78 Å². The highest BCUT2D eigenvalue weighted by Crippen LogP contribution is 2.21. The number of carbonyl (C=O) groups excluding carboxylic acids is 2. The van der Waals surface area contributed by atoms with Crippen molar-refractivity contribution in [3.63, 3.8) is 0 Å². The van der Waals surface area contributed by atoms with Gasteiger partial charge in [0.1, 0.15) is 17.4 Å². The molecule has 1 aliphatic heterocycles.